The molecule has 0 saturated carbocycles. The monoisotopic (exact) mass is 260 g/mol. The summed E-state index contributed by atoms with van der Waals surface area (Å²) in [4.78, 5) is 2.56. The van der Waals surface area contributed by atoms with Crippen LogP contribution in [0, 0.1) is 5.92 Å². The number of anilines is 1. The van der Waals surface area contributed by atoms with Gasteiger partial charge in [-0.1, -0.05) is 25.1 Å². The van der Waals surface area contributed by atoms with E-state index in [2.05, 4.69) is 62.2 Å². The van der Waals surface area contributed by atoms with Gasteiger partial charge in [0.2, 0.25) is 0 Å². The van der Waals surface area contributed by atoms with Gasteiger partial charge in [0.25, 0.3) is 0 Å². The molecule has 19 heavy (non-hydrogen) atoms. The molecule has 1 aromatic rings. The number of nitrogens with one attached hydrogen (secondary N) is 1. The number of fused-ring (bicyclic) bond motifs is 1. The molecule has 0 spiro atoms. The molecule has 1 unspecified atom stereocenters. The minimum absolute atomic E-state index is 0.229. The third kappa shape index (κ3) is 4.24. The smallest absolute Gasteiger partial charge is 0.0398 e. The Morgan fingerprint density at radius 1 is 1.26 bits per heavy atom. The maximum atomic E-state index is 3.57. The lowest BCUT2D eigenvalue weighted by atomic mass is 9.94. The molecule has 1 aliphatic rings. The summed E-state index contributed by atoms with van der Waals surface area (Å²) in [6, 6.07) is 8.88. The topological polar surface area (TPSA) is 15.3 Å². The number of hydrogen-bond acceptors (Lipinski definition) is 2. The standard InChI is InChI=1S/C17H28N2/c1-14-12-15-8-5-6-9-16(15)19(13-14)11-7-10-18-17(2,3)4/h5-6,8-9,14,18H,7,10-13H2,1-4H3. The normalized spacial score (nSPS) is 19.4. The summed E-state index contributed by atoms with van der Waals surface area (Å²) in [5.74, 6) is 0.769. The molecule has 2 heteroatoms. The maximum Gasteiger partial charge on any atom is 0.0398 e. The molecule has 0 aliphatic carbocycles. The molecule has 0 fully saturated rings. The van der Waals surface area contributed by atoms with Gasteiger partial charge in [0, 0.05) is 24.3 Å². The Morgan fingerprint density at radius 3 is 2.74 bits per heavy atom. The van der Waals surface area contributed by atoms with E-state index >= 15 is 0 Å². The molecule has 2 rings (SSSR count). The van der Waals surface area contributed by atoms with Gasteiger partial charge in [-0.15, -0.1) is 0 Å². The van der Waals surface area contributed by atoms with Crippen LogP contribution in [0.3, 0.4) is 0 Å². The van der Waals surface area contributed by atoms with Crippen molar-refractivity contribution >= 4 is 5.69 Å². The van der Waals surface area contributed by atoms with Crippen LogP contribution in [0.1, 0.15) is 39.7 Å². The van der Waals surface area contributed by atoms with Gasteiger partial charge in [-0.05, 0) is 57.7 Å². The zero-order valence-electron chi connectivity index (χ0n) is 12.9. The first-order valence-corrected chi connectivity index (χ1v) is 7.53. The molecule has 0 saturated heterocycles. The third-order valence-corrected chi connectivity index (χ3v) is 3.69. The quantitative estimate of drug-likeness (QED) is 0.834. The summed E-state index contributed by atoms with van der Waals surface area (Å²) in [6.45, 7) is 12.5. The van der Waals surface area contributed by atoms with Crippen LogP contribution in [-0.2, 0) is 6.42 Å². The second-order valence-corrected chi connectivity index (χ2v) is 6.91. The van der Waals surface area contributed by atoms with Crippen LogP contribution in [0.15, 0.2) is 24.3 Å². The number of benzene rings is 1. The van der Waals surface area contributed by atoms with Gasteiger partial charge >= 0.3 is 0 Å². The van der Waals surface area contributed by atoms with Crippen molar-refractivity contribution in [1.82, 2.24) is 5.32 Å². The highest BCUT2D eigenvalue weighted by Crippen LogP contribution is 2.29. The summed E-state index contributed by atoms with van der Waals surface area (Å²) in [5, 5.41) is 3.57. The highest BCUT2D eigenvalue weighted by Gasteiger charge is 2.20. The van der Waals surface area contributed by atoms with Gasteiger partial charge in [-0.25, -0.2) is 0 Å². The fourth-order valence-electron chi connectivity index (χ4n) is 2.85. The van der Waals surface area contributed by atoms with E-state index in [0.29, 0.717) is 0 Å². The first-order valence-electron chi connectivity index (χ1n) is 7.53. The molecule has 1 heterocycles. The predicted molar refractivity (Wildman–Crippen MR) is 83.9 cm³/mol. The minimum Gasteiger partial charge on any atom is -0.371 e. The summed E-state index contributed by atoms with van der Waals surface area (Å²) in [7, 11) is 0. The molecule has 1 aromatic carbocycles. The zero-order chi connectivity index (χ0) is 13.9. The SMILES string of the molecule is CC1Cc2ccccc2N(CCCNC(C)(C)C)C1. The first-order chi connectivity index (χ1) is 8.96. The Kier molecular flexibility index (Phi) is 4.51. The van der Waals surface area contributed by atoms with Crippen molar-refractivity contribution < 1.29 is 0 Å². The third-order valence-electron chi connectivity index (χ3n) is 3.69. The van der Waals surface area contributed by atoms with Crippen LogP contribution in [0.2, 0.25) is 0 Å². The minimum atomic E-state index is 0.229. The van der Waals surface area contributed by atoms with Crippen LogP contribution in [-0.4, -0.2) is 25.2 Å². The van der Waals surface area contributed by atoms with Crippen molar-refractivity contribution in [3.8, 4) is 0 Å². The second kappa shape index (κ2) is 5.96. The number of rotatable bonds is 4. The fourth-order valence-corrected chi connectivity index (χ4v) is 2.85. The van der Waals surface area contributed by atoms with Gasteiger partial charge in [0.05, 0.1) is 0 Å². The highest BCUT2D eigenvalue weighted by molar-refractivity contribution is 5.55. The van der Waals surface area contributed by atoms with Crippen LogP contribution in [0.4, 0.5) is 5.69 Å². The van der Waals surface area contributed by atoms with Crippen LogP contribution in [0.5, 0.6) is 0 Å². The Morgan fingerprint density at radius 2 is 2.00 bits per heavy atom. The van der Waals surface area contributed by atoms with Gasteiger partial charge < -0.3 is 10.2 Å². The van der Waals surface area contributed by atoms with Crippen molar-refractivity contribution in [2.75, 3.05) is 24.5 Å². The lowest BCUT2D eigenvalue weighted by molar-refractivity contribution is 0.419. The number of nitrogens with zero attached hydrogens (tertiary/aromatic N) is 1. The lowest BCUT2D eigenvalue weighted by Gasteiger charge is -2.35. The van der Waals surface area contributed by atoms with E-state index in [1.165, 1.54) is 30.6 Å². The van der Waals surface area contributed by atoms with Crippen LogP contribution >= 0.6 is 0 Å². The van der Waals surface area contributed by atoms with E-state index < -0.39 is 0 Å². The van der Waals surface area contributed by atoms with Crippen LogP contribution < -0.4 is 10.2 Å². The predicted octanol–water partition coefficient (Wildman–Crippen LogP) is 3.46. The van der Waals surface area contributed by atoms with E-state index in [4.69, 9.17) is 0 Å². The molecule has 1 N–H and O–H groups in total. The molecule has 0 bridgehead atoms. The average molecular weight is 260 g/mol. The van der Waals surface area contributed by atoms with Gasteiger partial charge in [-0.2, -0.15) is 0 Å². The fraction of sp³-hybridized carbons (Fsp3) is 0.647. The number of hydrogen-bond donors (Lipinski definition) is 1. The van der Waals surface area contributed by atoms with Crippen molar-refractivity contribution in [2.45, 2.75) is 46.1 Å². The summed E-state index contributed by atoms with van der Waals surface area (Å²) in [5.41, 5.74) is 3.20. The highest BCUT2D eigenvalue weighted by atomic mass is 15.1. The van der Waals surface area contributed by atoms with Gasteiger partial charge in [-0.3, -0.25) is 0 Å². The van der Waals surface area contributed by atoms with E-state index in [0.717, 1.165) is 19.0 Å². The van der Waals surface area contributed by atoms with Crippen molar-refractivity contribution in [2.24, 2.45) is 5.92 Å². The molecule has 1 aliphatic heterocycles. The zero-order valence-corrected chi connectivity index (χ0v) is 12.9. The average Bonchev–Trinajstić information content (AvgIpc) is 2.33. The van der Waals surface area contributed by atoms with Crippen molar-refractivity contribution in [3.05, 3.63) is 29.8 Å². The van der Waals surface area contributed by atoms with Crippen molar-refractivity contribution in [3.63, 3.8) is 0 Å². The van der Waals surface area contributed by atoms with Crippen molar-refractivity contribution in [1.29, 1.82) is 0 Å². The Hall–Kier alpha value is -1.02. The van der Waals surface area contributed by atoms with E-state index in [1.807, 2.05) is 0 Å². The van der Waals surface area contributed by atoms with Gasteiger partial charge in [0.15, 0.2) is 0 Å². The molecule has 1 atom stereocenters. The van der Waals surface area contributed by atoms with E-state index in [1.54, 1.807) is 0 Å². The Bertz CT molecular complexity index is 406. The molecular formula is C17H28N2. The largest absolute Gasteiger partial charge is 0.371 e. The molecule has 106 valence electrons. The first kappa shape index (κ1) is 14.4. The molecule has 0 radical (unpaired) electrons. The maximum absolute atomic E-state index is 3.57. The van der Waals surface area contributed by atoms with Gasteiger partial charge in [0.1, 0.15) is 0 Å². The molecule has 0 aromatic heterocycles. The lowest BCUT2D eigenvalue weighted by Crippen LogP contribution is -2.39. The Labute approximate surface area is 118 Å². The number of para-hydroxylation sites is 1. The van der Waals surface area contributed by atoms with E-state index in [9.17, 15) is 0 Å². The Balaban J connectivity index is 1.90. The summed E-state index contributed by atoms with van der Waals surface area (Å²) < 4.78 is 0. The second-order valence-electron chi connectivity index (χ2n) is 6.91. The molecule has 0 amide bonds. The van der Waals surface area contributed by atoms with E-state index in [-0.39, 0.29) is 5.54 Å². The summed E-state index contributed by atoms with van der Waals surface area (Å²) >= 11 is 0. The van der Waals surface area contributed by atoms with Crippen LogP contribution in [0.25, 0.3) is 0 Å². The molecular weight excluding hydrogens is 232 g/mol. The summed E-state index contributed by atoms with van der Waals surface area (Å²) in [6.07, 6.45) is 2.44. The molecule has 2 nitrogen and oxygen atoms in total.